The summed E-state index contributed by atoms with van der Waals surface area (Å²) in [7, 11) is 0. The summed E-state index contributed by atoms with van der Waals surface area (Å²) in [5.74, 6) is -8.07. The number of nitrogens with two attached hydrogens (primary N) is 3. The van der Waals surface area contributed by atoms with Crippen molar-refractivity contribution >= 4 is 77.6 Å². The molecule has 2 heterocycles. The Balaban J connectivity index is 2.19. The zero-order chi connectivity index (χ0) is 42.1. The highest BCUT2D eigenvalue weighted by atomic mass is 32.2. The lowest BCUT2D eigenvalue weighted by molar-refractivity contribution is -0.144. The first-order chi connectivity index (χ1) is 26.4. The van der Waals surface area contributed by atoms with E-state index in [-0.39, 0.29) is 44.4 Å². The molecule has 8 atom stereocenters. The van der Waals surface area contributed by atoms with Crippen molar-refractivity contribution in [3.8, 4) is 0 Å². The van der Waals surface area contributed by atoms with Gasteiger partial charge in [-0.3, -0.25) is 38.4 Å². The third-order valence-corrected chi connectivity index (χ3v) is 9.62. The number of likely N-dealkylation sites (tertiary alicyclic amines) is 1. The van der Waals surface area contributed by atoms with Gasteiger partial charge >= 0.3 is 5.97 Å². The van der Waals surface area contributed by atoms with Gasteiger partial charge in [0.1, 0.15) is 36.3 Å². The molecule has 2 rings (SSSR count). The summed E-state index contributed by atoms with van der Waals surface area (Å²) in [6, 6.07) is -9.52. The number of thiol groups is 1. The standard InChI is InChI=1S/C32H51N11O11S2/c1-15(44)25(42-28(49)19(10-16-12-36-14-37-16)39-26(47)17(33)5-6-23(34)45)30(51)41-21(13-55)31(52)43-8-3-4-22(43)29(50)38-18(7-9-56-2)27(48)40-20(32(53)54)11-24(35)46/h12,14-15,17-22,25,44,55H,3-11,13,33H2,1-2H3,(H2,34,45)(H2,35,46)(H,36,37)(H,38,50)(H,39,47)(H,40,48)(H,41,51)(H,42,49)(H,53,54)/t15-,17+,18+,19+,20+,21+,22+,25+/m1/s1. The van der Waals surface area contributed by atoms with Crippen LogP contribution in [-0.2, 0) is 49.6 Å². The van der Waals surface area contributed by atoms with Crippen LogP contribution >= 0.6 is 24.4 Å². The third kappa shape index (κ3) is 15.0. The first-order valence-electron chi connectivity index (χ1n) is 17.5. The molecule has 8 amide bonds. The van der Waals surface area contributed by atoms with Gasteiger partial charge in [-0.05, 0) is 44.6 Å². The highest BCUT2D eigenvalue weighted by Crippen LogP contribution is 2.20. The molecule has 0 aromatic carbocycles. The Bertz CT molecular complexity index is 1570. The molecule has 1 fully saturated rings. The number of hydrogen-bond donors (Lipinski definition) is 12. The van der Waals surface area contributed by atoms with Gasteiger partial charge in [-0.25, -0.2) is 9.78 Å². The second-order valence-electron chi connectivity index (χ2n) is 13.0. The minimum Gasteiger partial charge on any atom is -0.480 e. The molecule has 1 aromatic rings. The van der Waals surface area contributed by atoms with Gasteiger partial charge in [0, 0.05) is 37.0 Å². The second-order valence-corrected chi connectivity index (χ2v) is 14.4. The number of rotatable bonds is 24. The molecule has 56 heavy (non-hydrogen) atoms. The number of aliphatic carboxylic acids is 1. The number of aliphatic hydroxyl groups excluding tert-OH is 1. The Hall–Kier alpha value is -4.94. The summed E-state index contributed by atoms with van der Waals surface area (Å²) in [5.41, 5.74) is 16.5. The van der Waals surface area contributed by atoms with E-state index in [9.17, 15) is 53.4 Å². The number of carboxylic acid groups (broad SMARTS) is 1. The van der Waals surface area contributed by atoms with E-state index in [2.05, 4.69) is 49.2 Å². The summed E-state index contributed by atoms with van der Waals surface area (Å²) in [6.07, 6.45) is 2.51. The van der Waals surface area contributed by atoms with E-state index in [1.165, 1.54) is 36.1 Å². The minimum absolute atomic E-state index is 0.0820. The molecule has 0 spiro atoms. The molecule has 0 unspecified atom stereocenters. The van der Waals surface area contributed by atoms with Crippen molar-refractivity contribution in [3.63, 3.8) is 0 Å². The maximum absolute atomic E-state index is 13.8. The maximum atomic E-state index is 13.8. The Morgan fingerprint density at radius 1 is 0.929 bits per heavy atom. The second kappa shape index (κ2) is 23.2. The van der Waals surface area contributed by atoms with Gasteiger partial charge < -0.3 is 63.9 Å². The van der Waals surface area contributed by atoms with E-state index >= 15 is 0 Å². The zero-order valence-corrected chi connectivity index (χ0v) is 32.6. The number of carbonyl (C=O) groups excluding carboxylic acids is 8. The lowest BCUT2D eigenvalue weighted by atomic mass is 10.1. The summed E-state index contributed by atoms with van der Waals surface area (Å²) in [6.45, 7) is 1.30. The highest BCUT2D eigenvalue weighted by Gasteiger charge is 2.40. The van der Waals surface area contributed by atoms with Crippen molar-refractivity contribution in [3.05, 3.63) is 18.2 Å². The number of aliphatic hydroxyl groups is 1. The van der Waals surface area contributed by atoms with Crippen molar-refractivity contribution in [2.45, 2.75) is 100 Å². The number of thioether (sulfide) groups is 1. The Morgan fingerprint density at radius 2 is 1.57 bits per heavy atom. The average molecular weight is 830 g/mol. The highest BCUT2D eigenvalue weighted by molar-refractivity contribution is 7.98. The van der Waals surface area contributed by atoms with E-state index in [4.69, 9.17) is 17.2 Å². The van der Waals surface area contributed by atoms with Crippen LogP contribution in [0.5, 0.6) is 0 Å². The number of aromatic nitrogens is 2. The number of H-pyrrole nitrogens is 1. The zero-order valence-electron chi connectivity index (χ0n) is 30.9. The quantitative estimate of drug-likeness (QED) is 0.0434. The molecule has 1 aromatic heterocycles. The molecule has 0 bridgehead atoms. The van der Waals surface area contributed by atoms with Gasteiger partial charge in [-0.15, -0.1) is 0 Å². The number of carbonyl (C=O) groups is 9. The van der Waals surface area contributed by atoms with Crippen LogP contribution in [0.3, 0.4) is 0 Å². The molecule has 22 nitrogen and oxygen atoms in total. The van der Waals surface area contributed by atoms with Crippen LogP contribution in [0.2, 0.25) is 0 Å². The molecule has 14 N–H and O–H groups in total. The summed E-state index contributed by atoms with van der Waals surface area (Å²) >= 11 is 5.56. The fourth-order valence-electron chi connectivity index (χ4n) is 5.59. The fourth-order valence-corrected chi connectivity index (χ4v) is 6.31. The molecule has 0 radical (unpaired) electrons. The van der Waals surface area contributed by atoms with Crippen LogP contribution in [0, 0.1) is 0 Å². The molecular formula is C32H51N11O11S2. The van der Waals surface area contributed by atoms with Gasteiger partial charge in [0.25, 0.3) is 0 Å². The summed E-state index contributed by atoms with van der Waals surface area (Å²) < 4.78 is 0. The number of amides is 8. The molecule has 1 aliphatic heterocycles. The van der Waals surface area contributed by atoms with Crippen LogP contribution in [-0.4, -0.2) is 151 Å². The van der Waals surface area contributed by atoms with Gasteiger partial charge in [-0.2, -0.15) is 24.4 Å². The molecule has 1 saturated heterocycles. The van der Waals surface area contributed by atoms with Gasteiger partial charge in [0.05, 0.1) is 24.9 Å². The normalized spacial score (nSPS) is 17.5. The van der Waals surface area contributed by atoms with Crippen LogP contribution in [0.1, 0.15) is 51.1 Å². The van der Waals surface area contributed by atoms with Crippen molar-refractivity contribution in [2.75, 3.05) is 24.3 Å². The fraction of sp³-hybridized carbons (Fsp3) is 0.625. The lowest BCUT2D eigenvalue weighted by Gasteiger charge is -2.31. The van der Waals surface area contributed by atoms with Crippen molar-refractivity contribution in [1.29, 1.82) is 0 Å². The minimum atomic E-state index is -1.65. The largest absolute Gasteiger partial charge is 0.480 e. The van der Waals surface area contributed by atoms with E-state index in [0.717, 1.165) is 0 Å². The van der Waals surface area contributed by atoms with Crippen LogP contribution in [0.25, 0.3) is 0 Å². The summed E-state index contributed by atoms with van der Waals surface area (Å²) in [4.78, 5) is 122. The van der Waals surface area contributed by atoms with Gasteiger partial charge in [-0.1, -0.05) is 0 Å². The van der Waals surface area contributed by atoms with Gasteiger partial charge in [0.2, 0.25) is 47.3 Å². The van der Waals surface area contributed by atoms with E-state index < -0.39 is 108 Å². The molecule has 0 aliphatic carbocycles. The van der Waals surface area contributed by atoms with E-state index in [1.54, 1.807) is 6.26 Å². The smallest absolute Gasteiger partial charge is 0.326 e. The number of primary amides is 2. The van der Waals surface area contributed by atoms with E-state index in [1.807, 2.05) is 0 Å². The Kier molecular flexibility index (Phi) is 19.6. The third-order valence-electron chi connectivity index (χ3n) is 8.61. The van der Waals surface area contributed by atoms with Crippen LogP contribution < -0.4 is 43.8 Å². The molecule has 0 saturated carbocycles. The number of imidazole rings is 1. The number of hydrogen-bond acceptors (Lipinski definition) is 14. The van der Waals surface area contributed by atoms with Crippen molar-refractivity contribution < 1.29 is 53.4 Å². The van der Waals surface area contributed by atoms with Gasteiger partial charge in [0.15, 0.2) is 0 Å². The first-order valence-corrected chi connectivity index (χ1v) is 19.5. The van der Waals surface area contributed by atoms with E-state index in [0.29, 0.717) is 17.9 Å². The maximum Gasteiger partial charge on any atom is 0.326 e. The van der Waals surface area contributed by atoms with Crippen LogP contribution in [0.4, 0.5) is 0 Å². The predicted molar refractivity (Wildman–Crippen MR) is 203 cm³/mol. The Labute approximate surface area is 331 Å². The molecule has 1 aliphatic rings. The van der Waals surface area contributed by atoms with Crippen LogP contribution in [0.15, 0.2) is 12.5 Å². The monoisotopic (exact) mass is 829 g/mol. The first kappa shape index (κ1) is 47.2. The molecular weight excluding hydrogens is 779 g/mol. The van der Waals surface area contributed by atoms with Crippen molar-refractivity contribution in [1.82, 2.24) is 41.5 Å². The number of aromatic amines is 1. The Morgan fingerprint density at radius 3 is 2.12 bits per heavy atom. The SMILES string of the molecule is CSCC[C@H](NC(=O)[C@@H]1CCCN1C(=O)[C@H](CS)NC(=O)[C@@H](NC(=O)[C@H](Cc1cnc[nH]1)NC(=O)[C@@H](N)CCC(N)=O)[C@@H](C)O)C(=O)N[C@@H](CC(N)=O)C(=O)O. The summed E-state index contributed by atoms with van der Waals surface area (Å²) in [5, 5.41) is 32.0. The average Bonchev–Trinajstić information content (AvgIpc) is 3.85. The topological polar surface area (TPSA) is 364 Å². The van der Waals surface area contributed by atoms with Crippen molar-refractivity contribution in [2.24, 2.45) is 17.2 Å². The lowest BCUT2D eigenvalue weighted by Crippen LogP contribution is -2.62. The molecule has 312 valence electrons. The molecule has 24 heteroatoms. The predicted octanol–water partition coefficient (Wildman–Crippen LogP) is -5.02. The number of nitrogens with zero attached hydrogens (tertiary/aromatic N) is 2. The number of nitrogens with one attached hydrogen (secondary N) is 6. The number of carboxylic acids is 1.